The number of hydrogen-bond donors (Lipinski definition) is 2. The standard InChI is InChI=1S/C11H18N2O2S/c1-15-6-2-5-10(12)11(14)13-8-9-4-3-7-16-9/h3-4,7,10H,2,5-6,8,12H2,1H3,(H,13,14). The molecular weight excluding hydrogens is 224 g/mol. The molecule has 0 aliphatic carbocycles. The number of hydrogen-bond acceptors (Lipinski definition) is 4. The summed E-state index contributed by atoms with van der Waals surface area (Å²) in [6.45, 7) is 1.21. The molecule has 0 aromatic carbocycles. The van der Waals surface area contributed by atoms with Crippen LogP contribution >= 0.6 is 11.3 Å². The third-order valence-corrected chi connectivity index (χ3v) is 3.09. The van der Waals surface area contributed by atoms with Gasteiger partial charge in [-0.2, -0.15) is 0 Å². The van der Waals surface area contributed by atoms with Gasteiger partial charge >= 0.3 is 0 Å². The van der Waals surface area contributed by atoms with Gasteiger partial charge in [-0.1, -0.05) is 6.07 Å². The minimum atomic E-state index is -0.435. The maximum atomic E-state index is 11.6. The molecule has 5 heteroatoms. The Labute approximate surface area is 99.8 Å². The lowest BCUT2D eigenvalue weighted by atomic mass is 10.1. The summed E-state index contributed by atoms with van der Waals surface area (Å²) in [5.74, 6) is -0.0931. The van der Waals surface area contributed by atoms with Crippen molar-refractivity contribution in [2.45, 2.75) is 25.4 Å². The molecule has 1 rings (SSSR count). The van der Waals surface area contributed by atoms with E-state index in [9.17, 15) is 4.79 Å². The second-order valence-electron chi connectivity index (χ2n) is 3.54. The highest BCUT2D eigenvalue weighted by Gasteiger charge is 2.12. The summed E-state index contributed by atoms with van der Waals surface area (Å²) in [7, 11) is 1.64. The molecule has 0 bridgehead atoms. The predicted molar refractivity (Wildman–Crippen MR) is 65.3 cm³/mol. The van der Waals surface area contributed by atoms with Crippen LogP contribution in [-0.4, -0.2) is 25.7 Å². The lowest BCUT2D eigenvalue weighted by Crippen LogP contribution is -2.40. The van der Waals surface area contributed by atoms with Crippen LogP contribution in [0.4, 0.5) is 0 Å². The Morgan fingerprint density at radius 2 is 2.50 bits per heavy atom. The maximum Gasteiger partial charge on any atom is 0.237 e. The number of carbonyl (C=O) groups is 1. The van der Waals surface area contributed by atoms with Crippen LogP contribution in [0.1, 0.15) is 17.7 Å². The third kappa shape index (κ3) is 4.74. The first kappa shape index (κ1) is 13.2. The van der Waals surface area contributed by atoms with Crippen LogP contribution < -0.4 is 11.1 Å². The topological polar surface area (TPSA) is 64.3 Å². The van der Waals surface area contributed by atoms with E-state index in [-0.39, 0.29) is 5.91 Å². The second kappa shape index (κ2) is 7.38. The van der Waals surface area contributed by atoms with Gasteiger partial charge in [0, 0.05) is 18.6 Å². The quantitative estimate of drug-likeness (QED) is 0.704. The molecule has 0 spiro atoms. The van der Waals surface area contributed by atoms with E-state index >= 15 is 0 Å². The minimum absolute atomic E-state index is 0.0931. The molecule has 3 N–H and O–H groups in total. The number of methoxy groups -OCH3 is 1. The Balaban J connectivity index is 2.18. The Hall–Kier alpha value is -0.910. The molecule has 0 fully saturated rings. The van der Waals surface area contributed by atoms with E-state index in [1.54, 1.807) is 18.4 Å². The molecule has 0 saturated heterocycles. The zero-order valence-electron chi connectivity index (χ0n) is 9.44. The highest BCUT2D eigenvalue weighted by Crippen LogP contribution is 2.07. The largest absolute Gasteiger partial charge is 0.385 e. The summed E-state index contributed by atoms with van der Waals surface area (Å²) in [6, 6.07) is 3.52. The summed E-state index contributed by atoms with van der Waals surface area (Å²) in [6.07, 6.45) is 1.47. The second-order valence-corrected chi connectivity index (χ2v) is 4.57. The van der Waals surface area contributed by atoms with Crippen molar-refractivity contribution in [1.82, 2.24) is 5.32 Å². The van der Waals surface area contributed by atoms with Gasteiger partial charge < -0.3 is 15.8 Å². The van der Waals surface area contributed by atoms with Crippen molar-refractivity contribution >= 4 is 17.2 Å². The van der Waals surface area contributed by atoms with E-state index in [0.29, 0.717) is 19.6 Å². The van der Waals surface area contributed by atoms with Gasteiger partial charge in [-0.3, -0.25) is 4.79 Å². The van der Waals surface area contributed by atoms with Crippen LogP contribution in [0.25, 0.3) is 0 Å². The van der Waals surface area contributed by atoms with Gasteiger partial charge in [-0.15, -0.1) is 11.3 Å². The van der Waals surface area contributed by atoms with Crippen LogP contribution in [0, 0.1) is 0 Å². The summed E-state index contributed by atoms with van der Waals surface area (Å²) >= 11 is 1.62. The normalized spacial score (nSPS) is 12.4. The molecule has 1 aromatic heterocycles. The van der Waals surface area contributed by atoms with Crippen LogP contribution in [0.3, 0.4) is 0 Å². The molecule has 0 saturated carbocycles. The first-order valence-corrected chi connectivity index (χ1v) is 6.16. The summed E-state index contributed by atoms with van der Waals surface area (Å²) in [5, 5.41) is 4.80. The van der Waals surface area contributed by atoms with Crippen molar-refractivity contribution in [3.63, 3.8) is 0 Å². The fourth-order valence-corrected chi connectivity index (χ4v) is 1.94. The predicted octanol–water partition coefficient (Wildman–Crippen LogP) is 1.12. The van der Waals surface area contributed by atoms with Gasteiger partial charge in [0.2, 0.25) is 5.91 Å². The number of ether oxygens (including phenoxy) is 1. The summed E-state index contributed by atoms with van der Waals surface area (Å²) in [4.78, 5) is 12.7. The molecular formula is C11H18N2O2S. The van der Waals surface area contributed by atoms with E-state index in [1.807, 2.05) is 17.5 Å². The molecule has 16 heavy (non-hydrogen) atoms. The molecule has 1 unspecified atom stereocenters. The van der Waals surface area contributed by atoms with Crippen molar-refractivity contribution in [2.75, 3.05) is 13.7 Å². The molecule has 90 valence electrons. The number of thiophene rings is 1. The maximum absolute atomic E-state index is 11.6. The van der Waals surface area contributed by atoms with E-state index in [0.717, 1.165) is 11.3 Å². The van der Waals surface area contributed by atoms with Gasteiger partial charge in [-0.25, -0.2) is 0 Å². The zero-order chi connectivity index (χ0) is 11.8. The fourth-order valence-electron chi connectivity index (χ4n) is 1.30. The Bertz CT molecular complexity index is 301. The summed E-state index contributed by atoms with van der Waals surface area (Å²) in [5.41, 5.74) is 5.73. The van der Waals surface area contributed by atoms with Crippen molar-refractivity contribution in [3.05, 3.63) is 22.4 Å². The van der Waals surface area contributed by atoms with E-state index < -0.39 is 6.04 Å². The highest BCUT2D eigenvalue weighted by atomic mass is 32.1. The molecule has 1 heterocycles. The number of amides is 1. The zero-order valence-corrected chi connectivity index (χ0v) is 10.3. The lowest BCUT2D eigenvalue weighted by Gasteiger charge is -2.11. The Kier molecular flexibility index (Phi) is 6.07. The fraction of sp³-hybridized carbons (Fsp3) is 0.545. The first-order chi connectivity index (χ1) is 7.74. The molecule has 0 radical (unpaired) electrons. The van der Waals surface area contributed by atoms with Crippen LogP contribution in [0.5, 0.6) is 0 Å². The van der Waals surface area contributed by atoms with Crippen molar-refractivity contribution in [2.24, 2.45) is 5.73 Å². The molecule has 1 aromatic rings. The van der Waals surface area contributed by atoms with Gasteiger partial charge in [0.1, 0.15) is 0 Å². The van der Waals surface area contributed by atoms with Crippen LogP contribution in [0.2, 0.25) is 0 Å². The number of rotatable bonds is 7. The van der Waals surface area contributed by atoms with Crippen LogP contribution in [0.15, 0.2) is 17.5 Å². The SMILES string of the molecule is COCCCC(N)C(=O)NCc1cccs1. The molecule has 1 amide bonds. The average molecular weight is 242 g/mol. The van der Waals surface area contributed by atoms with E-state index in [2.05, 4.69) is 5.32 Å². The number of nitrogens with two attached hydrogens (primary N) is 1. The first-order valence-electron chi connectivity index (χ1n) is 5.28. The Morgan fingerprint density at radius 3 is 3.12 bits per heavy atom. The molecule has 0 aliphatic heterocycles. The van der Waals surface area contributed by atoms with E-state index in [4.69, 9.17) is 10.5 Å². The number of carbonyl (C=O) groups excluding carboxylic acids is 1. The smallest absolute Gasteiger partial charge is 0.237 e. The Morgan fingerprint density at radius 1 is 1.69 bits per heavy atom. The average Bonchev–Trinajstić information content (AvgIpc) is 2.79. The minimum Gasteiger partial charge on any atom is -0.385 e. The van der Waals surface area contributed by atoms with Crippen molar-refractivity contribution in [3.8, 4) is 0 Å². The highest BCUT2D eigenvalue weighted by molar-refractivity contribution is 7.09. The molecule has 0 aliphatic rings. The lowest BCUT2D eigenvalue weighted by molar-refractivity contribution is -0.122. The van der Waals surface area contributed by atoms with Crippen molar-refractivity contribution in [1.29, 1.82) is 0 Å². The monoisotopic (exact) mass is 242 g/mol. The summed E-state index contributed by atoms with van der Waals surface area (Å²) < 4.78 is 4.91. The van der Waals surface area contributed by atoms with Gasteiger partial charge in [0.15, 0.2) is 0 Å². The molecule has 4 nitrogen and oxygen atoms in total. The third-order valence-electron chi connectivity index (χ3n) is 2.22. The van der Waals surface area contributed by atoms with Crippen molar-refractivity contribution < 1.29 is 9.53 Å². The van der Waals surface area contributed by atoms with Gasteiger partial charge in [0.25, 0.3) is 0 Å². The van der Waals surface area contributed by atoms with Gasteiger partial charge in [0.05, 0.1) is 12.6 Å². The van der Waals surface area contributed by atoms with E-state index in [1.165, 1.54) is 0 Å². The van der Waals surface area contributed by atoms with Gasteiger partial charge in [-0.05, 0) is 24.3 Å². The molecule has 1 atom stereocenters. The van der Waals surface area contributed by atoms with Crippen LogP contribution in [-0.2, 0) is 16.1 Å². The number of nitrogens with one attached hydrogen (secondary N) is 1.